The highest BCUT2D eigenvalue weighted by Gasteiger charge is 2.01. The Morgan fingerprint density at radius 2 is 1.82 bits per heavy atom. The van der Waals surface area contributed by atoms with Crippen LogP contribution in [0.25, 0.3) is 0 Å². The van der Waals surface area contributed by atoms with Gasteiger partial charge in [0.25, 0.3) is 0 Å². The minimum Gasteiger partial charge on any atom is -0.493 e. The van der Waals surface area contributed by atoms with Gasteiger partial charge in [-0.15, -0.1) is 0 Å². The monoisotopic (exact) mass is 237 g/mol. The third-order valence-corrected chi connectivity index (χ3v) is 2.56. The number of para-hydroxylation sites is 2. The molecule has 0 unspecified atom stereocenters. The van der Waals surface area contributed by atoms with Crippen molar-refractivity contribution in [3.8, 4) is 11.5 Å². The van der Waals surface area contributed by atoms with Crippen LogP contribution >= 0.6 is 0 Å². The number of nitrogens with one attached hydrogen (secondary N) is 1. The van der Waals surface area contributed by atoms with Crippen molar-refractivity contribution in [2.45, 2.75) is 26.2 Å². The number of benzene rings is 1. The van der Waals surface area contributed by atoms with E-state index in [0.29, 0.717) is 6.61 Å². The highest BCUT2D eigenvalue weighted by atomic mass is 16.5. The fraction of sp³-hybridized carbons (Fsp3) is 0.571. The quantitative estimate of drug-likeness (QED) is 0.670. The number of hydrogen-bond donors (Lipinski definition) is 1. The van der Waals surface area contributed by atoms with Crippen molar-refractivity contribution in [3.05, 3.63) is 24.3 Å². The van der Waals surface area contributed by atoms with E-state index in [1.54, 1.807) is 7.11 Å². The van der Waals surface area contributed by atoms with Gasteiger partial charge in [0.1, 0.15) is 6.61 Å². The lowest BCUT2D eigenvalue weighted by Crippen LogP contribution is -2.22. The van der Waals surface area contributed by atoms with E-state index < -0.39 is 0 Å². The molecule has 0 bridgehead atoms. The molecule has 0 spiro atoms. The van der Waals surface area contributed by atoms with Crippen molar-refractivity contribution in [1.29, 1.82) is 0 Å². The lowest BCUT2D eigenvalue weighted by molar-refractivity contribution is 0.292. The van der Waals surface area contributed by atoms with E-state index in [4.69, 9.17) is 9.47 Å². The maximum absolute atomic E-state index is 5.65. The van der Waals surface area contributed by atoms with E-state index in [2.05, 4.69) is 12.2 Å². The smallest absolute Gasteiger partial charge is 0.161 e. The molecule has 0 radical (unpaired) electrons. The summed E-state index contributed by atoms with van der Waals surface area (Å²) in [5.41, 5.74) is 0. The second kappa shape index (κ2) is 8.88. The molecule has 0 aliphatic rings. The zero-order valence-corrected chi connectivity index (χ0v) is 10.9. The van der Waals surface area contributed by atoms with Gasteiger partial charge in [-0.25, -0.2) is 0 Å². The SMILES string of the molecule is CCCCCNCCOc1ccccc1OC. The summed E-state index contributed by atoms with van der Waals surface area (Å²) in [5, 5.41) is 3.36. The molecular weight excluding hydrogens is 214 g/mol. The molecule has 1 aromatic carbocycles. The standard InChI is InChI=1S/C14H23NO2/c1-3-4-7-10-15-11-12-17-14-9-6-5-8-13(14)16-2/h5-6,8-9,15H,3-4,7,10-12H2,1-2H3. The Morgan fingerprint density at radius 3 is 2.53 bits per heavy atom. The summed E-state index contributed by atoms with van der Waals surface area (Å²) in [5.74, 6) is 1.60. The van der Waals surface area contributed by atoms with E-state index in [1.165, 1.54) is 19.3 Å². The molecule has 0 aromatic heterocycles. The highest BCUT2D eigenvalue weighted by molar-refractivity contribution is 5.39. The molecule has 17 heavy (non-hydrogen) atoms. The Kier molecular flexibility index (Phi) is 7.23. The normalized spacial score (nSPS) is 10.2. The topological polar surface area (TPSA) is 30.5 Å². The van der Waals surface area contributed by atoms with Gasteiger partial charge in [0.15, 0.2) is 11.5 Å². The summed E-state index contributed by atoms with van der Waals surface area (Å²) in [4.78, 5) is 0. The molecule has 1 N–H and O–H groups in total. The molecule has 0 heterocycles. The largest absolute Gasteiger partial charge is 0.493 e. The first kappa shape index (κ1) is 13.8. The second-order valence-electron chi connectivity index (χ2n) is 3.96. The van der Waals surface area contributed by atoms with Crippen LogP contribution in [0.4, 0.5) is 0 Å². The summed E-state index contributed by atoms with van der Waals surface area (Å²) in [6.07, 6.45) is 3.80. The van der Waals surface area contributed by atoms with Gasteiger partial charge in [-0.05, 0) is 25.1 Å². The molecule has 0 atom stereocenters. The molecule has 1 aromatic rings. The summed E-state index contributed by atoms with van der Waals surface area (Å²) in [6.45, 7) is 4.84. The third-order valence-electron chi connectivity index (χ3n) is 2.56. The van der Waals surface area contributed by atoms with E-state index in [0.717, 1.165) is 24.6 Å². The molecule has 3 heteroatoms. The first-order valence-corrected chi connectivity index (χ1v) is 6.35. The predicted octanol–water partition coefficient (Wildman–Crippen LogP) is 2.85. The molecular formula is C14H23NO2. The fourth-order valence-electron chi connectivity index (χ4n) is 1.60. The van der Waals surface area contributed by atoms with Gasteiger partial charge >= 0.3 is 0 Å². The molecule has 0 aliphatic heterocycles. The Labute approximate surface area is 104 Å². The van der Waals surface area contributed by atoms with Gasteiger partial charge < -0.3 is 14.8 Å². The molecule has 0 saturated heterocycles. The maximum atomic E-state index is 5.65. The van der Waals surface area contributed by atoms with Crippen LogP contribution in [-0.4, -0.2) is 26.8 Å². The Hall–Kier alpha value is -1.22. The third kappa shape index (κ3) is 5.59. The average molecular weight is 237 g/mol. The minimum absolute atomic E-state index is 0.673. The Bertz CT molecular complexity index is 302. The summed E-state index contributed by atoms with van der Waals surface area (Å²) in [6, 6.07) is 7.72. The van der Waals surface area contributed by atoms with E-state index >= 15 is 0 Å². The lowest BCUT2D eigenvalue weighted by Gasteiger charge is -2.10. The summed E-state index contributed by atoms with van der Waals surface area (Å²) < 4.78 is 10.9. The molecule has 1 rings (SSSR count). The lowest BCUT2D eigenvalue weighted by atomic mass is 10.2. The zero-order valence-electron chi connectivity index (χ0n) is 10.9. The van der Waals surface area contributed by atoms with Crippen LogP contribution in [0.5, 0.6) is 11.5 Å². The van der Waals surface area contributed by atoms with Crippen molar-refractivity contribution in [2.75, 3.05) is 26.8 Å². The molecule has 0 saturated carbocycles. The van der Waals surface area contributed by atoms with Crippen LogP contribution in [-0.2, 0) is 0 Å². The number of methoxy groups -OCH3 is 1. The van der Waals surface area contributed by atoms with Crippen molar-refractivity contribution in [3.63, 3.8) is 0 Å². The van der Waals surface area contributed by atoms with Crippen molar-refractivity contribution >= 4 is 0 Å². The number of unbranched alkanes of at least 4 members (excludes halogenated alkanes) is 2. The van der Waals surface area contributed by atoms with Gasteiger partial charge in [0.05, 0.1) is 7.11 Å². The first-order chi connectivity index (χ1) is 8.38. The maximum Gasteiger partial charge on any atom is 0.161 e. The van der Waals surface area contributed by atoms with E-state index in [9.17, 15) is 0 Å². The Balaban J connectivity index is 2.13. The Morgan fingerprint density at radius 1 is 1.06 bits per heavy atom. The first-order valence-electron chi connectivity index (χ1n) is 6.35. The van der Waals surface area contributed by atoms with E-state index in [1.807, 2.05) is 24.3 Å². The number of rotatable bonds is 9. The van der Waals surface area contributed by atoms with Gasteiger partial charge in [-0.1, -0.05) is 31.9 Å². The van der Waals surface area contributed by atoms with Crippen molar-refractivity contribution < 1.29 is 9.47 Å². The summed E-state index contributed by atoms with van der Waals surface area (Å²) >= 11 is 0. The van der Waals surface area contributed by atoms with Gasteiger partial charge in [-0.2, -0.15) is 0 Å². The fourth-order valence-corrected chi connectivity index (χ4v) is 1.60. The molecule has 0 fully saturated rings. The van der Waals surface area contributed by atoms with Gasteiger partial charge in [0.2, 0.25) is 0 Å². The number of hydrogen-bond acceptors (Lipinski definition) is 3. The molecule has 0 aliphatic carbocycles. The van der Waals surface area contributed by atoms with Crippen LogP contribution in [0.2, 0.25) is 0 Å². The molecule has 0 amide bonds. The highest BCUT2D eigenvalue weighted by Crippen LogP contribution is 2.25. The second-order valence-corrected chi connectivity index (χ2v) is 3.96. The van der Waals surface area contributed by atoms with Gasteiger partial charge in [-0.3, -0.25) is 0 Å². The van der Waals surface area contributed by atoms with Gasteiger partial charge in [0, 0.05) is 6.54 Å². The van der Waals surface area contributed by atoms with Crippen molar-refractivity contribution in [1.82, 2.24) is 5.32 Å². The number of ether oxygens (including phenoxy) is 2. The van der Waals surface area contributed by atoms with Crippen LogP contribution in [0.1, 0.15) is 26.2 Å². The molecule has 3 nitrogen and oxygen atoms in total. The minimum atomic E-state index is 0.673. The predicted molar refractivity (Wildman–Crippen MR) is 70.9 cm³/mol. The van der Waals surface area contributed by atoms with E-state index in [-0.39, 0.29) is 0 Å². The van der Waals surface area contributed by atoms with Crippen molar-refractivity contribution in [2.24, 2.45) is 0 Å². The molecule has 96 valence electrons. The zero-order chi connectivity index (χ0) is 12.3. The average Bonchev–Trinajstić information content (AvgIpc) is 2.38. The van der Waals surface area contributed by atoms with Crippen LogP contribution in [0.15, 0.2) is 24.3 Å². The van der Waals surface area contributed by atoms with Crippen LogP contribution < -0.4 is 14.8 Å². The van der Waals surface area contributed by atoms with Crippen LogP contribution in [0, 0.1) is 0 Å². The van der Waals surface area contributed by atoms with Crippen LogP contribution in [0.3, 0.4) is 0 Å². The summed E-state index contributed by atoms with van der Waals surface area (Å²) in [7, 11) is 1.66.